The molecule has 0 radical (unpaired) electrons. The first-order valence-electron chi connectivity index (χ1n) is 8.78. The average molecular weight is 340 g/mol. The molecule has 1 aliphatic heterocycles. The van der Waals surface area contributed by atoms with Gasteiger partial charge in [-0.1, -0.05) is 0 Å². The summed E-state index contributed by atoms with van der Waals surface area (Å²) in [6.45, 7) is 5.00. The molecule has 1 saturated heterocycles. The van der Waals surface area contributed by atoms with Crippen LogP contribution in [-0.4, -0.2) is 46.5 Å². The summed E-state index contributed by atoms with van der Waals surface area (Å²) in [6, 6.07) is 7.42. The van der Waals surface area contributed by atoms with Crippen LogP contribution in [0.1, 0.15) is 35.7 Å². The molecular weight excluding hydrogens is 316 g/mol. The van der Waals surface area contributed by atoms with Gasteiger partial charge < -0.3 is 15.0 Å². The Hall–Kier alpha value is -2.47. The summed E-state index contributed by atoms with van der Waals surface area (Å²) in [4.78, 5) is 23.2. The van der Waals surface area contributed by atoms with Crippen molar-refractivity contribution in [2.45, 2.75) is 32.4 Å². The Morgan fingerprint density at radius 3 is 2.72 bits per heavy atom. The van der Waals surface area contributed by atoms with Gasteiger partial charge in [-0.2, -0.15) is 0 Å². The van der Waals surface area contributed by atoms with Gasteiger partial charge in [0.05, 0.1) is 0 Å². The third-order valence-electron chi connectivity index (χ3n) is 4.36. The zero-order valence-electron chi connectivity index (χ0n) is 14.5. The summed E-state index contributed by atoms with van der Waals surface area (Å²) in [5, 5.41) is 3.31. The first kappa shape index (κ1) is 17.4. The van der Waals surface area contributed by atoms with E-state index in [1.54, 1.807) is 35.6 Å². The number of aromatic nitrogens is 2. The van der Waals surface area contributed by atoms with Gasteiger partial charge in [0, 0.05) is 31.7 Å². The van der Waals surface area contributed by atoms with E-state index in [9.17, 15) is 4.79 Å². The Kier molecular flexibility index (Phi) is 5.95. The van der Waals surface area contributed by atoms with Gasteiger partial charge in [-0.3, -0.25) is 9.78 Å². The molecule has 0 atom stereocenters. The van der Waals surface area contributed by atoms with Crippen molar-refractivity contribution in [2.24, 2.45) is 0 Å². The molecule has 1 N–H and O–H groups in total. The molecule has 0 aromatic carbocycles. The van der Waals surface area contributed by atoms with Crippen molar-refractivity contribution in [1.29, 1.82) is 0 Å². The Bertz CT molecular complexity index is 687. The first-order valence-corrected chi connectivity index (χ1v) is 8.78. The van der Waals surface area contributed by atoms with Crippen molar-refractivity contribution in [3.8, 4) is 5.88 Å². The van der Waals surface area contributed by atoms with Gasteiger partial charge in [0.1, 0.15) is 11.7 Å². The highest BCUT2D eigenvalue weighted by atomic mass is 16.5. The second-order valence-electron chi connectivity index (χ2n) is 6.10. The maximum atomic E-state index is 13.0. The van der Waals surface area contributed by atoms with Gasteiger partial charge in [-0.25, -0.2) is 4.98 Å². The molecule has 132 valence electrons. The maximum Gasteiger partial charge on any atom is 0.259 e. The van der Waals surface area contributed by atoms with Crippen molar-refractivity contribution >= 4 is 5.91 Å². The normalized spacial score (nSPS) is 14.9. The van der Waals surface area contributed by atoms with Crippen LogP contribution >= 0.6 is 0 Å². The van der Waals surface area contributed by atoms with Gasteiger partial charge in [0.15, 0.2) is 0 Å². The summed E-state index contributed by atoms with van der Waals surface area (Å²) >= 11 is 0. The van der Waals surface area contributed by atoms with Crippen LogP contribution in [0.5, 0.6) is 5.88 Å². The highest BCUT2D eigenvalue weighted by molar-refractivity contribution is 5.96. The minimum atomic E-state index is -0.0589. The van der Waals surface area contributed by atoms with Crippen molar-refractivity contribution < 1.29 is 9.53 Å². The fourth-order valence-corrected chi connectivity index (χ4v) is 2.92. The smallest absolute Gasteiger partial charge is 0.259 e. The van der Waals surface area contributed by atoms with E-state index in [2.05, 4.69) is 15.3 Å². The molecule has 3 heterocycles. The van der Waals surface area contributed by atoms with Gasteiger partial charge in [-0.15, -0.1) is 0 Å². The molecule has 1 amide bonds. The Morgan fingerprint density at radius 2 is 2.00 bits per heavy atom. The lowest BCUT2D eigenvalue weighted by Crippen LogP contribution is -2.35. The predicted molar refractivity (Wildman–Crippen MR) is 95.4 cm³/mol. The molecule has 6 nitrogen and oxygen atoms in total. The quantitative estimate of drug-likeness (QED) is 0.874. The summed E-state index contributed by atoms with van der Waals surface area (Å²) in [7, 11) is 0. The number of piperidine rings is 1. The Balaban J connectivity index is 1.75. The van der Waals surface area contributed by atoms with Crippen LogP contribution in [0, 0.1) is 0 Å². The second kappa shape index (κ2) is 8.58. The van der Waals surface area contributed by atoms with Gasteiger partial charge in [0.2, 0.25) is 5.88 Å². The Morgan fingerprint density at radius 1 is 1.24 bits per heavy atom. The van der Waals surface area contributed by atoms with Crippen molar-refractivity contribution in [3.63, 3.8) is 0 Å². The third-order valence-corrected chi connectivity index (χ3v) is 4.36. The highest BCUT2D eigenvalue weighted by Gasteiger charge is 2.22. The molecule has 3 rings (SSSR count). The zero-order valence-corrected chi connectivity index (χ0v) is 14.5. The van der Waals surface area contributed by atoms with E-state index in [1.807, 2.05) is 19.1 Å². The lowest BCUT2D eigenvalue weighted by atomic mass is 10.1. The van der Waals surface area contributed by atoms with Crippen molar-refractivity contribution in [3.05, 3.63) is 54.0 Å². The predicted octanol–water partition coefficient (Wildman–Crippen LogP) is 2.27. The van der Waals surface area contributed by atoms with Crippen LogP contribution in [0.3, 0.4) is 0 Å². The molecule has 0 saturated carbocycles. The minimum absolute atomic E-state index is 0.0589. The van der Waals surface area contributed by atoms with Gasteiger partial charge in [0.25, 0.3) is 5.91 Å². The number of pyridine rings is 2. The molecule has 2 aromatic heterocycles. The number of carbonyl (C=O) groups is 1. The molecule has 25 heavy (non-hydrogen) atoms. The van der Waals surface area contributed by atoms with Crippen LogP contribution in [-0.2, 0) is 6.54 Å². The molecule has 1 aliphatic rings. The SMILES string of the molecule is CCN(Cc1ccncc1)C(=O)c1cccnc1OC1CCNCC1. The maximum absolute atomic E-state index is 13.0. The van der Waals surface area contributed by atoms with Gasteiger partial charge >= 0.3 is 0 Å². The number of carbonyl (C=O) groups excluding carboxylic acids is 1. The van der Waals surface area contributed by atoms with Crippen molar-refractivity contribution in [2.75, 3.05) is 19.6 Å². The number of ether oxygens (including phenoxy) is 1. The van der Waals surface area contributed by atoms with Crippen LogP contribution in [0.15, 0.2) is 42.9 Å². The lowest BCUT2D eigenvalue weighted by Gasteiger charge is -2.26. The van der Waals surface area contributed by atoms with Crippen molar-refractivity contribution in [1.82, 2.24) is 20.2 Å². The van der Waals surface area contributed by atoms with E-state index in [1.165, 1.54) is 0 Å². The molecule has 2 aromatic rings. The molecule has 0 spiro atoms. The Labute approximate surface area is 148 Å². The standard InChI is InChI=1S/C19H24N4O2/c1-2-23(14-15-5-10-20-11-6-15)19(24)17-4-3-9-22-18(17)25-16-7-12-21-13-8-16/h3-6,9-11,16,21H,2,7-8,12-14H2,1H3. The number of hydrogen-bond donors (Lipinski definition) is 1. The van der Waals surface area contributed by atoms with Crippen LogP contribution in [0.2, 0.25) is 0 Å². The molecule has 0 unspecified atom stereocenters. The zero-order chi connectivity index (χ0) is 17.5. The highest BCUT2D eigenvalue weighted by Crippen LogP contribution is 2.21. The monoisotopic (exact) mass is 340 g/mol. The largest absolute Gasteiger partial charge is 0.474 e. The third kappa shape index (κ3) is 4.54. The lowest BCUT2D eigenvalue weighted by molar-refractivity contribution is 0.0740. The summed E-state index contributed by atoms with van der Waals surface area (Å²) < 4.78 is 6.04. The average Bonchev–Trinajstić information content (AvgIpc) is 2.68. The van der Waals surface area contributed by atoms with Crippen LogP contribution in [0.4, 0.5) is 0 Å². The van der Waals surface area contributed by atoms with Gasteiger partial charge in [-0.05, 0) is 62.7 Å². The summed E-state index contributed by atoms with van der Waals surface area (Å²) in [5.74, 6) is 0.379. The van der Waals surface area contributed by atoms with E-state index in [0.29, 0.717) is 24.5 Å². The van der Waals surface area contributed by atoms with Crippen LogP contribution in [0.25, 0.3) is 0 Å². The fourth-order valence-electron chi connectivity index (χ4n) is 2.92. The molecule has 0 bridgehead atoms. The number of amides is 1. The number of rotatable bonds is 6. The molecule has 6 heteroatoms. The van der Waals surface area contributed by atoms with E-state index >= 15 is 0 Å². The topological polar surface area (TPSA) is 67.4 Å². The molecule has 1 fully saturated rings. The number of hydrogen-bond acceptors (Lipinski definition) is 5. The minimum Gasteiger partial charge on any atom is -0.474 e. The van der Waals surface area contributed by atoms with E-state index in [4.69, 9.17) is 4.74 Å². The summed E-state index contributed by atoms with van der Waals surface area (Å²) in [6.07, 6.45) is 7.12. The van der Waals surface area contributed by atoms with E-state index in [-0.39, 0.29) is 12.0 Å². The molecular formula is C19H24N4O2. The van der Waals surface area contributed by atoms with E-state index in [0.717, 1.165) is 31.5 Å². The fraction of sp³-hybridized carbons (Fsp3) is 0.421. The second-order valence-corrected chi connectivity index (χ2v) is 6.10. The van der Waals surface area contributed by atoms with Crippen LogP contribution < -0.4 is 10.1 Å². The molecule has 0 aliphatic carbocycles. The summed E-state index contributed by atoms with van der Waals surface area (Å²) in [5.41, 5.74) is 1.58. The first-order chi connectivity index (χ1) is 12.3. The van der Waals surface area contributed by atoms with E-state index < -0.39 is 0 Å². The number of nitrogens with one attached hydrogen (secondary N) is 1. The number of nitrogens with zero attached hydrogens (tertiary/aromatic N) is 3.